The van der Waals surface area contributed by atoms with Gasteiger partial charge in [-0.15, -0.1) is 0 Å². The van der Waals surface area contributed by atoms with Gasteiger partial charge in [0.05, 0.1) is 0 Å². The Morgan fingerprint density at radius 1 is 1.05 bits per heavy atom. The second kappa shape index (κ2) is 6.29. The van der Waals surface area contributed by atoms with Gasteiger partial charge in [-0.3, -0.25) is 0 Å². The third-order valence-corrected chi connectivity index (χ3v) is 3.40. The molecular formula is C15H13ClF3N. The SMILES string of the molecule is C[C@H](NCc1cc(F)c(F)cc1F)c1ccccc1Cl. The van der Waals surface area contributed by atoms with E-state index in [1.54, 1.807) is 6.07 Å². The van der Waals surface area contributed by atoms with Gasteiger partial charge in [-0.2, -0.15) is 0 Å². The van der Waals surface area contributed by atoms with Crippen molar-refractivity contribution in [2.24, 2.45) is 0 Å². The second-order valence-corrected chi connectivity index (χ2v) is 4.89. The van der Waals surface area contributed by atoms with Crippen LogP contribution < -0.4 is 5.32 Å². The fraction of sp³-hybridized carbons (Fsp3) is 0.200. The molecule has 20 heavy (non-hydrogen) atoms. The van der Waals surface area contributed by atoms with Gasteiger partial charge in [0.25, 0.3) is 0 Å². The smallest absolute Gasteiger partial charge is 0.161 e. The Bertz CT molecular complexity index is 616. The second-order valence-electron chi connectivity index (χ2n) is 4.48. The lowest BCUT2D eigenvalue weighted by molar-refractivity contribution is 0.482. The van der Waals surface area contributed by atoms with Gasteiger partial charge in [-0.05, 0) is 24.6 Å². The Morgan fingerprint density at radius 3 is 2.40 bits per heavy atom. The van der Waals surface area contributed by atoms with E-state index < -0.39 is 17.5 Å². The molecule has 0 aliphatic rings. The zero-order valence-electron chi connectivity index (χ0n) is 10.8. The third-order valence-electron chi connectivity index (χ3n) is 3.06. The van der Waals surface area contributed by atoms with Crippen LogP contribution in [0, 0.1) is 17.5 Å². The minimum absolute atomic E-state index is 0.0720. The molecule has 0 unspecified atom stereocenters. The largest absolute Gasteiger partial charge is 0.306 e. The molecule has 2 aromatic rings. The lowest BCUT2D eigenvalue weighted by atomic mass is 10.1. The maximum absolute atomic E-state index is 13.5. The number of hydrogen-bond acceptors (Lipinski definition) is 1. The van der Waals surface area contributed by atoms with E-state index in [-0.39, 0.29) is 18.2 Å². The Labute approximate surface area is 120 Å². The Kier molecular flexibility index (Phi) is 4.68. The molecule has 0 saturated carbocycles. The first-order valence-electron chi connectivity index (χ1n) is 6.10. The highest BCUT2D eigenvalue weighted by atomic mass is 35.5. The van der Waals surface area contributed by atoms with Crippen molar-refractivity contribution in [3.63, 3.8) is 0 Å². The first-order chi connectivity index (χ1) is 9.49. The average molecular weight is 300 g/mol. The van der Waals surface area contributed by atoms with Crippen molar-refractivity contribution in [3.8, 4) is 0 Å². The molecule has 0 fully saturated rings. The fourth-order valence-corrected chi connectivity index (χ4v) is 2.20. The molecule has 1 nitrogen and oxygen atoms in total. The molecule has 0 bridgehead atoms. The van der Waals surface area contributed by atoms with Gasteiger partial charge in [-0.1, -0.05) is 29.8 Å². The molecule has 1 atom stereocenters. The van der Waals surface area contributed by atoms with E-state index in [9.17, 15) is 13.2 Å². The molecule has 0 amide bonds. The summed E-state index contributed by atoms with van der Waals surface area (Å²) in [5.74, 6) is -3.03. The Morgan fingerprint density at radius 2 is 1.70 bits per heavy atom. The molecule has 0 aliphatic heterocycles. The first kappa shape index (κ1) is 14.9. The van der Waals surface area contributed by atoms with Crippen molar-refractivity contribution in [3.05, 3.63) is 70.0 Å². The van der Waals surface area contributed by atoms with Crippen LogP contribution in [0.25, 0.3) is 0 Å². The minimum Gasteiger partial charge on any atom is -0.306 e. The van der Waals surface area contributed by atoms with Crippen molar-refractivity contribution >= 4 is 11.6 Å². The van der Waals surface area contributed by atoms with E-state index in [1.165, 1.54) is 0 Å². The monoisotopic (exact) mass is 299 g/mol. The standard InChI is InChI=1S/C15H13ClF3N/c1-9(11-4-2-3-5-12(11)16)20-8-10-6-14(18)15(19)7-13(10)17/h2-7,9,20H,8H2,1H3/t9-/m0/s1. The molecule has 0 saturated heterocycles. The quantitative estimate of drug-likeness (QED) is 0.813. The molecule has 0 heterocycles. The van der Waals surface area contributed by atoms with E-state index in [0.717, 1.165) is 11.6 Å². The summed E-state index contributed by atoms with van der Waals surface area (Å²) in [7, 11) is 0. The highest BCUT2D eigenvalue weighted by Crippen LogP contribution is 2.23. The molecule has 1 N–H and O–H groups in total. The Balaban J connectivity index is 2.09. The summed E-state index contributed by atoms with van der Waals surface area (Å²) in [6.45, 7) is 1.94. The van der Waals surface area contributed by atoms with Crippen LogP contribution in [0.1, 0.15) is 24.1 Å². The topological polar surface area (TPSA) is 12.0 Å². The van der Waals surface area contributed by atoms with Crippen LogP contribution in [0.15, 0.2) is 36.4 Å². The number of rotatable bonds is 4. The van der Waals surface area contributed by atoms with Gasteiger partial charge < -0.3 is 5.32 Å². The third kappa shape index (κ3) is 3.32. The summed E-state index contributed by atoms with van der Waals surface area (Å²) in [4.78, 5) is 0. The molecule has 0 aromatic heterocycles. The van der Waals surface area contributed by atoms with E-state index >= 15 is 0 Å². The molecular weight excluding hydrogens is 287 g/mol. The van der Waals surface area contributed by atoms with Gasteiger partial charge in [0.2, 0.25) is 0 Å². The number of halogens is 4. The number of benzene rings is 2. The van der Waals surface area contributed by atoms with Gasteiger partial charge >= 0.3 is 0 Å². The molecule has 0 spiro atoms. The van der Waals surface area contributed by atoms with E-state index in [1.807, 2.05) is 25.1 Å². The van der Waals surface area contributed by atoms with E-state index in [0.29, 0.717) is 11.1 Å². The molecule has 106 valence electrons. The van der Waals surface area contributed by atoms with Gasteiger partial charge in [0, 0.05) is 29.2 Å². The first-order valence-corrected chi connectivity index (χ1v) is 6.48. The molecule has 0 radical (unpaired) electrons. The molecule has 5 heteroatoms. The van der Waals surface area contributed by atoms with Gasteiger partial charge in [0.1, 0.15) is 5.82 Å². The lowest BCUT2D eigenvalue weighted by Crippen LogP contribution is -2.19. The maximum Gasteiger partial charge on any atom is 0.161 e. The maximum atomic E-state index is 13.5. The van der Waals surface area contributed by atoms with Crippen LogP contribution in [0.2, 0.25) is 5.02 Å². The molecule has 0 aliphatic carbocycles. The summed E-state index contributed by atoms with van der Waals surface area (Å²) >= 11 is 6.05. The number of hydrogen-bond donors (Lipinski definition) is 1. The van der Waals surface area contributed by atoms with Crippen LogP contribution >= 0.6 is 11.6 Å². The zero-order chi connectivity index (χ0) is 14.7. The predicted molar refractivity (Wildman–Crippen MR) is 73.0 cm³/mol. The Hall–Kier alpha value is -1.52. The summed E-state index contributed by atoms with van der Waals surface area (Å²) in [5, 5.41) is 3.63. The number of nitrogens with one attached hydrogen (secondary N) is 1. The van der Waals surface area contributed by atoms with Crippen molar-refractivity contribution in [2.75, 3.05) is 0 Å². The normalized spacial score (nSPS) is 12.4. The average Bonchev–Trinajstić information content (AvgIpc) is 2.41. The summed E-state index contributed by atoms with van der Waals surface area (Å²) in [6.07, 6.45) is 0. The van der Waals surface area contributed by atoms with Crippen LogP contribution in [0.5, 0.6) is 0 Å². The zero-order valence-corrected chi connectivity index (χ0v) is 11.5. The van der Waals surface area contributed by atoms with Gasteiger partial charge in [-0.25, -0.2) is 13.2 Å². The van der Waals surface area contributed by atoms with Crippen LogP contribution in [0.4, 0.5) is 13.2 Å². The van der Waals surface area contributed by atoms with Crippen molar-refractivity contribution < 1.29 is 13.2 Å². The van der Waals surface area contributed by atoms with E-state index in [4.69, 9.17) is 11.6 Å². The van der Waals surface area contributed by atoms with Crippen LogP contribution in [-0.4, -0.2) is 0 Å². The highest BCUT2D eigenvalue weighted by molar-refractivity contribution is 6.31. The van der Waals surface area contributed by atoms with Crippen molar-refractivity contribution in [1.82, 2.24) is 5.32 Å². The van der Waals surface area contributed by atoms with Crippen LogP contribution in [-0.2, 0) is 6.54 Å². The van der Waals surface area contributed by atoms with Crippen molar-refractivity contribution in [2.45, 2.75) is 19.5 Å². The highest BCUT2D eigenvalue weighted by Gasteiger charge is 2.12. The van der Waals surface area contributed by atoms with Crippen LogP contribution in [0.3, 0.4) is 0 Å². The van der Waals surface area contributed by atoms with Crippen molar-refractivity contribution in [1.29, 1.82) is 0 Å². The summed E-state index contributed by atoms with van der Waals surface area (Å²) < 4.78 is 39.4. The fourth-order valence-electron chi connectivity index (χ4n) is 1.90. The summed E-state index contributed by atoms with van der Waals surface area (Å²) in [5.41, 5.74) is 0.931. The summed E-state index contributed by atoms with van der Waals surface area (Å²) in [6, 6.07) is 8.53. The minimum atomic E-state index is -1.19. The molecule has 2 rings (SSSR count). The van der Waals surface area contributed by atoms with E-state index in [2.05, 4.69) is 5.32 Å². The lowest BCUT2D eigenvalue weighted by Gasteiger charge is -2.16. The predicted octanol–water partition coefficient (Wildman–Crippen LogP) is 4.61. The molecule has 2 aromatic carbocycles. The van der Waals surface area contributed by atoms with Gasteiger partial charge in [0.15, 0.2) is 11.6 Å².